The molecule has 0 saturated carbocycles. The number of rotatable bonds is 2. The van der Waals surface area contributed by atoms with Gasteiger partial charge in [0.2, 0.25) is 0 Å². The number of benzene rings is 2. The average molecular weight is 269 g/mol. The Kier molecular flexibility index (Phi) is 2.82. The van der Waals surface area contributed by atoms with E-state index in [4.69, 9.17) is 0 Å². The van der Waals surface area contributed by atoms with Gasteiger partial charge in [0, 0.05) is 11.7 Å². The maximum Gasteiger partial charge on any atom is 0.0528 e. The summed E-state index contributed by atoms with van der Waals surface area (Å²) in [6.07, 6.45) is 2.11. The first-order valence-electron chi connectivity index (χ1n) is 7.14. The Morgan fingerprint density at radius 3 is 1.95 bits per heavy atom. The van der Waals surface area contributed by atoms with E-state index in [9.17, 15) is 0 Å². The second-order valence-corrected chi connectivity index (χ2v) is 5.16. The van der Waals surface area contributed by atoms with Gasteiger partial charge in [-0.3, -0.25) is 0 Å². The van der Waals surface area contributed by atoms with Gasteiger partial charge in [0.25, 0.3) is 0 Å². The highest BCUT2D eigenvalue weighted by molar-refractivity contribution is 5.71. The van der Waals surface area contributed by atoms with E-state index in [-0.39, 0.29) is 0 Å². The van der Waals surface area contributed by atoms with Gasteiger partial charge in [0.05, 0.1) is 5.69 Å². The molecule has 0 spiro atoms. The lowest BCUT2D eigenvalue weighted by Gasteiger charge is -2.05. The summed E-state index contributed by atoms with van der Waals surface area (Å²) in [7, 11) is 0. The summed E-state index contributed by atoms with van der Waals surface area (Å²) in [6, 6.07) is 29.8. The Hall–Kier alpha value is -2.80. The lowest BCUT2D eigenvalue weighted by atomic mass is 10.0. The van der Waals surface area contributed by atoms with E-state index in [1.807, 2.05) is 6.07 Å². The summed E-state index contributed by atoms with van der Waals surface area (Å²) in [5.41, 5.74) is 6.19. The molecule has 0 N–H and O–H groups in total. The van der Waals surface area contributed by atoms with E-state index in [0.717, 1.165) is 0 Å². The Bertz CT molecular complexity index is 871. The summed E-state index contributed by atoms with van der Waals surface area (Å²) in [5.74, 6) is 0. The highest BCUT2D eigenvalue weighted by atomic mass is 14.9. The molecule has 0 aliphatic carbocycles. The monoisotopic (exact) mass is 269 g/mol. The summed E-state index contributed by atoms with van der Waals surface area (Å²) in [6.45, 7) is 0. The van der Waals surface area contributed by atoms with Crippen molar-refractivity contribution in [1.29, 1.82) is 0 Å². The van der Waals surface area contributed by atoms with Crippen LogP contribution in [0.5, 0.6) is 0 Å². The van der Waals surface area contributed by atoms with E-state index in [0.29, 0.717) is 0 Å². The van der Waals surface area contributed by atoms with Crippen molar-refractivity contribution in [2.75, 3.05) is 0 Å². The van der Waals surface area contributed by atoms with Gasteiger partial charge >= 0.3 is 0 Å². The first kappa shape index (κ1) is 12.0. The predicted molar refractivity (Wildman–Crippen MR) is 88.3 cm³/mol. The van der Waals surface area contributed by atoms with Crippen LogP contribution in [0, 0.1) is 0 Å². The molecule has 2 aromatic heterocycles. The molecule has 2 aromatic carbocycles. The fourth-order valence-electron chi connectivity index (χ4n) is 2.76. The van der Waals surface area contributed by atoms with Gasteiger partial charge in [0.15, 0.2) is 0 Å². The SMILES string of the molecule is c1ccc(-c2ccc(-c3ccc4ccccn34)cc2)cc1. The van der Waals surface area contributed by atoms with E-state index in [1.54, 1.807) is 0 Å². The number of pyridine rings is 1. The molecule has 0 amide bonds. The number of nitrogens with zero attached hydrogens (tertiary/aromatic N) is 1. The lowest BCUT2D eigenvalue weighted by Crippen LogP contribution is -1.86. The third kappa shape index (κ3) is 2.13. The van der Waals surface area contributed by atoms with Crippen molar-refractivity contribution in [2.45, 2.75) is 0 Å². The minimum atomic E-state index is 1.22. The van der Waals surface area contributed by atoms with Crippen molar-refractivity contribution in [3.63, 3.8) is 0 Å². The summed E-state index contributed by atoms with van der Waals surface area (Å²) in [4.78, 5) is 0. The molecule has 1 nitrogen and oxygen atoms in total. The molecule has 0 unspecified atom stereocenters. The Balaban J connectivity index is 1.77. The van der Waals surface area contributed by atoms with E-state index in [2.05, 4.69) is 89.5 Å². The zero-order valence-electron chi connectivity index (χ0n) is 11.6. The van der Waals surface area contributed by atoms with Crippen LogP contribution in [0.3, 0.4) is 0 Å². The summed E-state index contributed by atoms with van der Waals surface area (Å²) >= 11 is 0. The second-order valence-electron chi connectivity index (χ2n) is 5.16. The molecular formula is C20H15N. The van der Waals surface area contributed by atoms with Gasteiger partial charge in [-0.15, -0.1) is 0 Å². The van der Waals surface area contributed by atoms with Crippen LogP contribution >= 0.6 is 0 Å². The van der Waals surface area contributed by atoms with Crippen molar-refractivity contribution in [1.82, 2.24) is 4.40 Å². The normalized spacial score (nSPS) is 10.9. The van der Waals surface area contributed by atoms with Gasteiger partial charge in [-0.25, -0.2) is 0 Å². The van der Waals surface area contributed by atoms with Crippen molar-refractivity contribution >= 4 is 5.52 Å². The molecule has 100 valence electrons. The highest BCUT2D eigenvalue weighted by Crippen LogP contribution is 2.26. The van der Waals surface area contributed by atoms with E-state index >= 15 is 0 Å². The van der Waals surface area contributed by atoms with E-state index < -0.39 is 0 Å². The Labute approximate surface area is 124 Å². The molecule has 21 heavy (non-hydrogen) atoms. The van der Waals surface area contributed by atoms with Crippen molar-refractivity contribution in [3.8, 4) is 22.4 Å². The van der Waals surface area contributed by atoms with Crippen LogP contribution in [0.2, 0.25) is 0 Å². The van der Waals surface area contributed by atoms with Crippen LogP contribution in [0.4, 0.5) is 0 Å². The zero-order valence-corrected chi connectivity index (χ0v) is 11.6. The average Bonchev–Trinajstić information content (AvgIpc) is 3.00. The van der Waals surface area contributed by atoms with Crippen LogP contribution in [0.25, 0.3) is 27.9 Å². The van der Waals surface area contributed by atoms with Crippen molar-refractivity contribution in [3.05, 3.63) is 91.1 Å². The maximum absolute atomic E-state index is 2.22. The molecule has 2 heterocycles. The van der Waals surface area contributed by atoms with Gasteiger partial charge < -0.3 is 4.40 Å². The molecule has 0 atom stereocenters. The van der Waals surface area contributed by atoms with Crippen molar-refractivity contribution in [2.24, 2.45) is 0 Å². The lowest BCUT2D eigenvalue weighted by molar-refractivity contribution is 1.20. The minimum absolute atomic E-state index is 1.22. The van der Waals surface area contributed by atoms with Crippen LogP contribution in [0.1, 0.15) is 0 Å². The van der Waals surface area contributed by atoms with Crippen LogP contribution in [-0.2, 0) is 0 Å². The van der Waals surface area contributed by atoms with Gasteiger partial charge in [-0.05, 0) is 41.0 Å². The molecule has 0 aliphatic heterocycles. The maximum atomic E-state index is 2.22. The van der Waals surface area contributed by atoms with Crippen LogP contribution in [-0.4, -0.2) is 4.40 Å². The molecule has 4 rings (SSSR count). The molecule has 0 radical (unpaired) electrons. The van der Waals surface area contributed by atoms with Crippen molar-refractivity contribution < 1.29 is 0 Å². The number of aromatic nitrogens is 1. The molecule has 0 bridgehead atoms. The number of hydrogen-bond acceptors (Lipinski definition) is 0. The molecule has 0 fully saturated rings. The smallest absolute Gasteiger partial charge is 0.0528 e. The second kappa shape index (κ2) is 4.95. The first-order chi connectivity index (χ1) is 10.4. The number of fused-ring (bicyclic) bond motifs is 1. The quantitative estimate of drug-likeness (QED) is 0.467. The van der Waals surface area contributed by atoms with E-state index in [1.165, 1.54) is 27.9 Å². The zero-order chi connectivity index (χ0) is 14.1. The molecule has 1 heteroatoms. The largest absolute Gasteiger partial charge is 0.317 e. The molecule has 0 saturated heterocycles. The van der Waals surface area contributed by atoms with Crippen LogP contribution < -0.4 is 0 Å². The van der Waals surface area contributed by atoms with Gasteiger partial charge in [-0.2, -0.15) is 0 Å². The third-order valence-corrected chi connectivity index (χ3v) is 3.85. The van der Waals surface area contributed by atoms with Crippen LogP contribution in [0.15, 0.2) is 91.1 Å². The first-order valence-corrected chi connectivity index (χ1v) is 7.14. The third-order valence-electron chi connectivity index (χ3n) is 3.85. The fourth-order valence-corrected chi connectivity index (χ4v) is 2.76. The summed E-state index contributed by atoms with van der Waals surface area (Å²) < 4.78 is 2.22. The Morgan fingerprint density at radius 2 is 1.14 bits per heavy atom. The molecule has 4 aromatic rings. The Morgan fingerprint density at radius 1 is 0.476 bits per heavy atom. The topological polar surface area (TPSA) is 4.41 Å². The molecule has 0 aliphatic rings. The summed E-state index contributed by atoms with van der Waals surface area (Å²) in [5, 5.41) is 0. The molecular weight excluding hydrogens is 254 g/mol. The highest BCUT2D eigenvalue weighted by Gasteiger charge is 2.04. The number of hydrogen-bond donors (Lipinski definition) is 0. The van der Waals surface area contributed by atoms with Gasteiger partial charge in [-0.1, -0.05) is 60.7 Å². The standard InChI is InChI=1S/C20H15N/c1-2-6-16(7-3-1)17-9-11-18(12-10-17)20-14-13-19-8-4-5-15-21(19)20/h1-15H. The fraction of sp³-hybridized carbons (Fsp3) is 0. The minimum Gasteiger partial charge on any atom is -0.317 e. The van der Waals surface area contributed by atoms with Gasteiger partial charge in [0.1, 0.15) is 0 Å². The predicted octanol–water partition coefficient (Wildman–Crippen LogP) is 5.27.